The highest BCUT2D eigenvalue weighted by Gasteiger charge is 2.37. The molecule has 0 unspecified atom stereocenters. The van der Waals surface area contributed by atoms with Gasteiger partial charge in [-0.1, -0.05) is 11.6 Å². The topological polar surface area (TPSA) is 66.6 Å². The van der Waals surface area contributed by atoms with Crippen molar-refractivity contribution in [3.8, 4) is 0 Å². The zero-order chi connectivity index (χ0) is 15.1. The van der Waals surface area contributed by atoms with E-state index in [2.05, 4.69) is 4.90 Å². The second kappa shape index (κ2) is 5.18. The number of halogens is 1. The number of likely N-dealkylation sites (N-methyl/N-ethyl adjacent to an activating group) is 1. The van der Waals surface area contributed by atoms with Crippen molar-refractivity contribution >= 4 is 27.3 Å². The lowest BCUT2D eigenvalue weighted by molar-refractivity contribution is 0.0801. The van der Waals surface area contributed by atoms with Gasteiger partial charge in [-0.15, -0.1) is 0 Å². The van der Waals surface area contributed by atoms with E-state index in [1.807, 2.05) is 20.9 Å². The maximum absolute atomic E-state index is 12.7. The van der Waals surface area contributed by atoms with Crippen LogP contribution in [0.25, 0.3) is 0 Å². The van der Waals surface area contributed by atoms with Crippen molar-refractivity contribution in [2.75, 3.05) is 32.4 Å². The first-order valence-electron chi connectivity index (χ1n) is 6.41. The quantitative estimate of drug-likeness (QED) is 0.842. The molecule has 112 valence electrons. The highest BCUT2D eigenvalue weighted by molar-refractivity contribution is 7.89. The Kier molecular flexibility index (Phi) is 4.03. The highest BCUT2D eigenvalue weighted by Crippen LogP contribution is 2.30. The molecular formula is C13H20ClN3O2S. The lowest BCUT2D eigenvalue weighted by Gasteiger charge is -2.44. The van der Waals surface area contributed by atoms with Gasteiger partial charge in [-0.25, -0.2) is 8.42 Å². The molecule has 5 nitrogen and oxygen atoms in total. The zero-order valence-corrected chi connectivity index (χ0v) is 13.5. The number of anilines is 1. The molecular weight excluding hydrogens is 298 g/mol. The summed E-state index contributed by atoms with van der Waals surface area (Å²) in [6.45, 7) is 5.61. The van der Waals surface area contributed by atoms with Gasteiger partial charge in [0.25, 0.3) is 0 Å². The van der Waals surface area contributed by atoms with Gasteiger partial charge in [0.05, 0.1) is 5.02 Å². The Balaban J connectivity index is 2.38. The molecule has 1 aliphatic rings. The van der Waals surface area contributed by atoms with Gasteiger partial charge in [0.1, 0.15) is 4.90 Å². The maximum Gasteiger partial charge on any atom is 0.244 e. The fourth-order valence-electron chi connectivity index (χ4n) is 2.26. The van der Waals surface area contributed by atoms with E-state index in [4.69, 9.17) is 17.3 Å². The Bertz CT molecular complexity index is 616. The maximum atomic E-state index is 12.7. The van der Waals surface area contributed by atoms with E-state index in [1.54, 1.807) is 6.07 Å². The van der Waals surface area contributed by atoms with Gasteiger partial charge in [0.2, 0.25) is 10.0 Å². The second-order valence-corrected chi connectivity index (χ2v) is 8.08. The SMILES string of the molecule is CN1CCN(S(=O)(=O)c2cc(N)ccc2Cl)CC1(C)C. The van der Waals surface area contributed by atoms with Crippen LogP contribution in [0.15, 0.2) is 23.1 Å². The molecule has 1 aromatic rings. The van der Waals surface area contributed by atoms with Crippen LogP contribution in [0.1, 0.15) is 13.8 Å². The summed E-state index contributed by atoms with van der Waals surface area (Å²) in [5.41, 5.74) is 5.86. The Morgan fingerprint density at radius 1 is 1.30 bits per heavy atom. The molecule has 0 aromatic heterocycles. The number of sulfonamides is 1. The molecule has 0 amide bonds. The number of benzene rings is 1. The number of hydrogen-bond donors (Lipinski definition) is 1. The van der Waals surface area contributed by atoms with E-state index >= 15 is 0 Å². The minimum Gasteiger partial charge on any atom is -0.399 e. The summed E-state index contributed by atoms with van der Waals surface area (Å²) in [6, 6.07) is 4.53. The molecule has 7 heteroatoms. The van der Waals surface area contributed by atoms with Crippen LogP contribution in [0.4, 0.5) is 5.69 Å². The van der Waals surface area contributed by atoms with Crippen LogP contribution in [0.2, 0.25) is 5.02 Å². The standard InChI is InChI=1S/C13H20ClN3O2S/c1-13(2)9-17(7-6-16(13)3)20(18,19)12-8-10(15)4-5-11(12)14/h4-5,8H,6-7,9,15H2,1-3H3. The first-order chi connectivity index (χ1) is 9.14. The summed E-state index contributed by atoms with van der Waals surface area (Å²) in [6.07, 6.45) is 0. The minimum atomic E-state index is -3.61. The fourth-order valence-corrected chi connectivity index (χ4v) is 4.35. The van der Waals surface area contributed by atoms with Crippen LogP contribution in [-0.2, 0) is 10.0 Å². The van der Waals surface area contributed by atoms with Gasteiger partial charge in [-0.3, -0.25) is 4.90 Å². The Morgan fingerprint density at radius 2 is 1.95 bits per heavy atom. The molecule has 1 fully saturated rings. The predicted octanol–water partition coefficient (Wildman–Crippen LogP) is 1.64. The monoisotopic (exact) mass is 317 g/mol. The smallest absolute Gasteiger partial charge is 0.244 e. The Hall–Kier alpha value is -0.820. The number of nitrogen functional groups attached to an aromatic ring is 1. The van der Waals surface area contributed by atoms with E-state index in [9.17, 15) is 8.42 Å². The van der Waals surface area contributed by atoms with E-state index in [-0.39, 0.29) is 15.5 Å². The van der Waals surface area contributed by atoms with Gasteiger partial charge in [-0.2, -0.15) is 4.31 Å². The largest absolute Gasteiger partial charge is 0.399 e. The number of nitrogens with zero attached hydrogens (tertiary/aromatic N) is 2. The van der Waals surface area contributed by atoms with Crippen molar-refractivity contribution in [3.63, 3.8) is 0 Å². The van der Waals surface area contributed by atoms with Crippen molar-refractivity contribution in [1.29, 1.82) is 0 Å². The zero-order valence-electron chi connectivity index (χ0n) is 11.9. The van der Waals surface area contributed by atoms with Gasteiger partial charge < -0.3 is 5.73 Å². The molecule has 1 aliphatic heterocycles. The Labute approximate surface area is 125 Å². The van der Waals surface area contributed by atoms with Crippen molar-refractivity contribution < 1.29 is 8.42 Å². The minimum absolute atomic E-state index is 0.0829. The lowest BCUT2D eigenvalue weighted by atomic mass is 10.0. The third-order valence-corrected chi connectivity index (χ3v) is 6.18. The molecule has 2 N–H and O–H groups in total. The molecule has 1 aromatic carbocycles. The third-order valence-electron chi connectivity index (χ3n) is 3.85. The second-order valence-electron chi connectivity index (χ2n) is 5.76. The van der Waals surface area contributed by atoms with Crippen molar-refractivity contribution in [3.05, 3.63) is 23.2 Å². The summed E-state index contributed by atoms with van der Waals surface area (Å²) in [7, 11) is -1.62. The summed E-state index contributed by atoms with van der Waals surface area (Å²) in [5, 5.41) is 0.205. The van der Waals surface area contributed by atoms with E-state index in [1.165, 1.54) is 16.4 Å². The van der Waals surface area contributed by atoms with Crippen LogP contribution in [0.5, 0.6) is 0 Å². The number of piperazine rings is 1. The molecule has 20 heavy (non-hydrogen) atoms. The van der Waals surface area contributed by atoms with Gasteiger partial charge >= 0.3 is 0 Å². The van der Waals surface area contributed by atoms with E-state index in [0.29, 0.717) is 25.3 Å². The average molecular weight is 318 g/mol. The van der Waals surface area contributed by atoms with Crippen LogP contribution in [0.3, 0.4) is 0 Å². The first kappa shape index (κ1) is 15.6. The molecule has 0 saturated carbocycles. The van der Waals surface area contributed by atoms with Crippen molar-refractivity contribution in [1.82, 2.24) is 9.21 Å². The van der Waals surface area contributed by atoms with Crippen molar-refractivity contribution in [2.45, 2.75) is 24.3 Å². The van der Waals surface area contributed by atoms with Gasteiger partial charge in [-0.05, 0) is 39.1 Å². The molecule has 0 atom stereocenters. The van der Waals surface area contributed by atoms with Crippen LogP contribution in [0, 0.1) is 0 Å². The molecule has 0 radical (unpaired) electrons. The fraction of sp³-hybridized carbons (Fsp3) is 0.538. The molecule has 2 rings (SSSR count). The molecule has 0 spiro atoms. The van der Waals surface area contributed by atoms with Crippen molar-refractivity contribution in [2.24, 2.45) is 0 Å². The molecule has 1 saturated heterocycles. The summed E-state index contributed by atoms with van der Waals surface area (Å²) < 4.78 is 26.9. The average Bonchev–Trinajstić information content (AvgIpc) is 2.35. The van der Waals surface area contributed by atoms with Crippen LogP contribution >= 0.6 is 11.6 Å². The molecule has 0 bridgehead atoms. The molecule has 1 heterocycles. The first-order valence-corrected chi connectivity index (χ1v) is 8.23. The molecule has 0 aliphatic carbocycles. The summed E-state index contributed by atoms with van der Waals surface area (Å²) >= 11 is 6.03. The number of nitrogens with two attached hydrogens (primary N) is 1. The van der Waals surface area contributed by atoms with Crippen LogP contribution in [-0.4, -0.2) is 49.8 Å². The number of rotatable bonds is 2. The highest BCUT2D eigenvalue weighted by atomic mass is 35.5. The summed E-state index contributed by atoms with van der Waals surface area (Å²) in [4.78, 5) is 2.24. The Morgan fingerprint density at radius 3 is 2.55 bits per heavy atom. The summed E-state index contributed by atoms with van der Waals surface area (Å²) in [5.74, 6) is 0. The van der Waals surface area contributed by atoms with E-state index in [0.717, 1.165) is 0 Å². The third kappa shape index (κ3) is 2.79. The predicted molar refractivity (Wildman–Crippen MR) is 81.3 cm³/mol. The van der Waals surface area contributed by atoms with Gasteiger partial charge in [0, 0.05) is 30.9 Å². The normalized spacial score (nSPS) is 21.0. The van der Waals surface area contributed by atoms with Gasteiger partial charge in [0.15, 0.2) is 0 Å². The van der Waals surface area contributed by atoms with Crippen LogP contribution < -0.4 is 5.73 Å². The lowest BCUT2D eigenvalue weighted by Crippen LogP contribution is -2.58. The number of hydrogen-bond acceptors (Lipinski definition) is 4. The van der Waals surface area contributed by atoms with E-state index < -0.39 is 10.0 Å².